The fraction of sp³-hybridized carbons (Fsp3) is 0.444. The second-order valence-corrected chi connectivity index (χ2v) is 6.60. The third-order valence-electron chi connectivity index (χ3n) is 4.29. The number of rotatable bonds is 7. The van der Waals surface area contributed by atoms with Crippen LogP contribution in [0.2, 0.25) is 5.02 Å². The van der Waals surface area contributed by atoms with Crippen LogP contribution in [-0.2, 0) is 11.3 Å². The quantitative estimate of drug-likeness (QED) is 0.783. The number of carboxylic acid groups (broad SMARTS) is 1. The molecule has 25 heavy (non-hydrogen) atoms. The van der Waals surface area contributed by atoms with E-state index in [1.54, 1.807) is 12.1 Å². The first kappa shape index (κ1) is 17.6. The molecular formula is C18H22ClN3O3. The number of hydrogen-bond donors (Lipinski definition) is 2. The first-order chi connectivity index (χ1) is 12.1. The molecule has 6 nitrogen and oxygen atoms in total. The molecule has 0 saturated carbocycles. The maximum Gasteiger partial charge on any atom is 0.341 e. The van der Waals surface area contributed by atoms with Crippen molar-refractivity contribution in [1.82, 2.24) is 9.78 Å². The summed E-state index contributed by atoms with van der Waals surface area (Å²) in [5.41, 5.74) is 1.89. The van der Waals surface area contributed by atoms with Crippen LogP contribution in [0.25, 0.3) is 0 Å². The number of hydrogen-bond acceptors (Lipinski definition) is 4. The number of nitrogens with one attached hydrogen (secondary N) is 1. The topological polar surface area (TPSA) is 76.4 Å². The van der Waals surface area contributed by atoms with Crippen LogP contribution in [0.1, 0.15) is 43.4 Å². The zero-order chi connectivity index (χ0) is 17.8. The average molecular weight is 364 g/mol. The van der Waals surface area contributed by atoms with Gasteiger partial charge in [0.2, 0.25) is 0 Å². The van der Waals surface area contributed by atoms with Crippen molar-refractivity contribution in [1.29, 1.82) is 0 Å². The second kappa shape index (κ2) is 7.78. The molecule has 3 rings (SSSR count). The van der Waals surface area contributed by atoms with Crippen molar-refractivity contribution >= 4 is 23.4 Å². The van der Waals surface area contributed by atoms with E-state index in [0.717, 1.165) is 49.4 Å². The molecule has 1 aromatic carbocycles. The first-order valence-corrected chi connectivity index (χ1v) is 8.92. The van der Waals surface area contributed by atoms with Crippen molar-refractivity contribution in [3.05, 3.63) is 40.5 Å². The number of fused-ring (bicyclic) bond motifs is 1. The van der Waals surface area contributed by atoms with Crippen molar-refractivity contribution in [3.63, 3.8) is 0 Å². The first-order valence-electron chi connectivity index (χ1n) is 8.54. The van der Waals surface area contributed by atoms with Gasteiger partial charge in [0.05, 0.1) is 5.69 Å². The van der Waals surface area contributed by atoms with Crippen molar-refractivity contribution in [2.75, 3.05) is 18.5 Å². The molecule has 7 heteroatoms. The molecule has 1 atom stereocenters. The fourth-order valence-corrected chi connectivity index (χ4v) is 3.34. The number of benzene rings is 1. The van der Waals surface area contributed by atoms with Crippen molar-refractivity contribution in [3.8, 4) is 5.75 Å². The molecule has 1 aliphatic rings. The molecule has 0 fully saturated rings. The van der Waals surface area contributed by atoms with Crippen LogP contribution < -0.4 is 10.1 Å². The predicted molar refractivity (Wildman–Crippen MR) is 96.7 cm³/mol. The molecular weight excluding hydrogens is 342 g/mol. The van der Waals surface area contributed by atoms with E-state index in [-0.39, 0.29) is 5.92 Å². The van der Waals surface area contributed by atoms with Crippen molar-refractivity contribution < 1.29 is 14.6 Å². The molecule has 2 heterocycles. The van der Waals surface area contributed by atoms with Gasteiger partial charge in [-0.05, 0) is 25.0 Å². The standard InChI is InChI=1S/C18H22ClN3O3/c1-2-4-13(15-10-17-20-7-3-8-22(17)21-15)14-6-5-12(19)9-16(14)25-11-18(23)24/h5-6,9-10,13,20H,2-4,7-8,11H2,1H3,(H,23,24). The molecule has 1 aliphatic heterocycles. The van der Waals surface area contributed by atoms with E-state index < -0.39 is 12.6 Å². The fourth-order valence-electron chi connectivity index (χ4n) is 3.18. The predicted octanol–water partition coefficient (Wildman–Crippen LogP) is 3.75. The largest absolute Gasteiger partial charge is 0.482 e. The van der Waals surface area contributed by atoms with Crippen LogP contribution in [-0.4, -0.2) is 34.0 Å². The highest BCUT2D eigenvalue weighted by Crippen LogP contribution is 2.37. The molecule has 2 N–H and O–H groups in total. The summed E-state index contributed by atoms with van der Waals surface area (Å²) in [6.07, 6.45) is 2.92. The molecule has 0 saturated heterocycles. The highest BCUT2D eigenvalue weighted by Gasteiger charge is 2.23. The Morgan fingerprint density at radius 1 is 1.48 bits per heavy atom. The number of carboxylic acids is 1. The van der Waals surface area contributed by atoms with Crippen molar-refractivity contribution in [2.24, 2.45) is 0 Å². The van der Waals surface area contributed by atoms with Crippen LogP contribution in [0.4, 0.5) is 5.82 Å². The van der Waals surface area contributed by atoms with Crippen LogP contribution in [0, 0.1) is 0 Å². The Morgan fingerprint density at radius 3 is 3.04 bits per heavy atom. The van der Waals surface area contributed by atoms with Gasteiger partial charge in [-0.2, -0.15) is 5.10 Å². The SMILES string of the molecule is CCCC(c1cc2n(n1)CCCN2)c1ccc(Cl)cc1OCC(=O)O. The van der Waals surface area contributed by atoms with Gasteiger partial charge in [0.15, 0.2) is 6.61 Å². The minimum absolute atomic E-state index is 0.0333. The van der Waals surface area contributed by atoms with Gasteiger partial charge in [0, 0.05) is 35.7 Å². The smallest absolute Gasteiger partial charge is 0.341 e. The lowest BCUT2D eigenvalue weighted by Crippen LogP contribution is -2.17. The van der Waals surface area contributed by atoms with Gasteiger partial charge in [-0.15, -0.1) is 0 Å². The Kier molecular flexibility index (Phi) is 5.48. The maximum absolute atomic E-state index is 10.9. The number of anilines is 1. The Labute approximate surface area is 151 Å². The van der Waals surface area contributed by atoms with Crippen molar-refractivity contribution in [2.45, 2.75) is 38.6 Å². The zero-order valence-electron chi connectivity index (χ0n) is 14.2. The molecule has 1 unspecified atom stereocenters. The summed E-state index contributed by atoms with van der Waals surface area (Å²) < 4.78 is 7.49. The number of halogens is 1. The summed E-state index contributed by atoms with van der Waals surface area (Å²) in [6, 6.07) is 7.47. The summed E-state index contributed by atoms with van der Waals surface area (Å²) >= 11 is 6.09. The van der Waals surface area contributed by atoms with Gasteiger partial charge >= 0.3 is 5.97 Å². The van der Waals surface area contributed by atoms with E-state index in [2.05, 4.69) is 18.3 Å². The van der Waals surface area contributed by atoms with Gasteiger partial charge in [0.1, 0.15) is 11.6 Å². The third-order valence-corrected chi connectivity index (χ3v) is 4.52. The molecule has 0 amide bonds. The van der Waals surface area contributed by atoms with Gasteiger partial charge in [-0.3, -0.25) is 0 Å². The molecule has 0 aliphatic carbocycles. The number of aromatic nitrogens is 2. The zero-order valence-corrected chi connectivity index (χ0v) is 14.9. The van der Waals surface area contributed by atoms with E-state index in [0.29, 0.717) is 10.8 Å². The molecule has 0 radical (unpaired) electrons. The summed E-state index contributed by atoms with van der Waals surface area (Å²) in [5, 5.41) is 17.6. The number of aliphatic carboxylic acids is 1. The van der Waals surface area contributed by atoms with Crippen LogP contribution in [0.5, 0.6) is 5.75 Å². The lowest BCUT2D eigenvalue weighted by molar-refractivity contribution is -0.139. The minimum Gasteiger partial charge on any atom is -0.482 e. The van der Waals surface area contributed by atoms with Gasteiger partial charge in [-0.1, -0.05) is 31.0 Å². The van der Waals surface area contributed by atoms with E-state index in [1.807, 2.05) is 10.7 Å². The Bertz CT molecular complexity index is 737. The van der Waals surface area contributed by atoms with E-state index in [9.17, 15) is 4.79 Å². The van der Waals surface area contributed by atoms with Crippen LogP contribution in [0.3, 0.4) is 0 Å². The lowest BCUT2D eigenvalue weighted by atomic mass is 9.90. The van der Waals surface area contributed by atoms with E-state index in [1.165, 1.54) is 0 Å². The normalized spacial score (nSPS) is 14.5. The molecule has 0 bridgehead atoms. The van der Waals surface area contributed by atoms with E-state index in [4.69, 9.17) is 26.5 Å². The molecule has 0 spiro atoms. The summed E-state index contributed by atoms with van der Waals surface area (Å²) in [7, 11) is 0. The highest BCUT2D eigenvalue weighted by atomic mass is 35.5. The third kappa shape index (κ3) is 4.07. The van der Waals surface area contributed by atoms with Gasteiger partial charge in [0.25, 0.3) is 0 Å². The number of ether oxygens (including phenoxy) is 1. The van der Waals surface area contributed by atoms with Gasteiger partial charge < -0.3 is 15.2 Å². The Balaban J connectivity index is 1.97. The Morgan fingerprint density at radius 2 is 2.32 bits per heavy atom. The summed E-state index contributed by atoms with van der Waals surface area (Å²) in [5.74, 6) is 0.558. The average Bonchev–Trinajstić information content (AvgIpc) is 3.02. The number of nitrogens with zero attached hydrogens (tertiary/aromatic N) is 2. The van der Waals surface area contributed by atoms with Crippen LogP contribution >= 0.6 is 11.6 Å². The molecule has 134 valence electrons. The Hall–Kier alpha value is -2.21. The highest BCUT2D eigenvalue weighted by molar-refractivity contribution is 6.30. The monoisotopic (exact) mass is 363 g/mol. The number of aryl methyl sites for hydroxylation is 1. The lowest BCUT2D eigenvalue weighted by Gasteiger charge is -2.18. The summed E-state index contributed by atoms with van der Waals surface area (Å²) in [6.45, 7) is 3.59. The molecule has 1 aromatic heterocycles. The maximum atomic E-state index is 10.9. The second-order valence-electron chi connectivity index (χ2n) is 6.16. The van der Waals surface area contributed by atoms with Gasteiger partial charge in [-0.25, -0.2) is 9.48 Å². The summed E-state index contributed by atoms with van der Waals surface area (Å²) in [4.78, 5) is 10.9. The van der Waals surface area contributed by atoms with E-state index >= 15 is 0 Å². The molecule has 2 aromatic rings. The van der Waals surface area contributed by atoms with Crippen LogP contribution in [0.15, 0.2) is 24.3 Å². The minimum atomic E-state index is -1.01. The number of carbonyl (C=O) groups is 1.